The molecule has 72 valence electrons. The highest BCUT2D eigenvalue weighted by molar-refractivity contribution is 5.55. The number of ether oxygens (including phenoxy) is 1. The molecule has 1 N–H and O–H groups in total. The number of carbonyl (C=O) groups is 1. The minimum Gasteiger partial charge on any atom is -0.504 e. The lowest BCUT2D eigenvalue weighted by molar-refractivity contribution is -0.107. The Morgan fingerprint density at radius 1 is 1.57 bits per heavy atom. The van der Waals surface area contributed by atoms with Gasteiger partial charge in [-0.1, -0.05) is 11.8 Å². The number of hydrogen-bond acceptors (Lipinski definition) is 3. The Kier molecular flexibility index (Phi) is 3.57. The van der Waals surface area contributed by atoms with Crippen molar-refractivity contribution in [1.29, 1.82) is 0 Å². The monoisotopic (exact) mass is 190 g/mol. The van der Waals surface area contributed by atoms with E-state index in [0.717, 1.165) is 6.29 Å². The molecule has 0 aliphatic heterocycles. The number of aromatic hydroxyl groups is 1. The van der Waals surface area contributed by atoms with E-state index in [4.69, 9.17) is 4.74 Å². The Balaban J connectivity index is 2.87. The molecule has 0 saturated heterocycles. The molecule has 0 aliphatic carbocycles. The van der Waals surface area contributed by atoms with E-state index in [1.165, 1.54) is 13.2 Å². The van der Waals surface area contributed by atoms with Gasteiger partial charge in [-0.2, -0.15) is 0 Å². The third kappa shape index (κ3) is 2.53. The molecule has 14 heavy (non-hydrogen) atoms. The lowest BCUT2D eigenvalue weighted by atomic mass is 10.2. The summed E-state index contributed by atoms with van der Waals surface area (Å²) >= 11 is 0. The number of aldehydes is 1. The van der Waals surface area contributed by atoms with Crippen molar-refractivity contribution in [1.82, 2.24) is 0 Å². The predicted octanol–water partition coefficient (Wildman–Crippen LogP) is 1.34. The second-order valence-electron chi connectivity index (χ2n) is 2.56. The summed E-state index contributed by atoms with van der Waals surface area (Å²) in [5.41, 5.74) is 0.658. The van der Waals surface area contributed by atoms with Gasteiger partial charge in [-0.15, -0.1) is 0 Å². The van der Waals surface area contributed by atoms with E-state index in [1.807, 2.05) is 0 Å². The first-order chi connectivity index (χ1) is 6.77. The predicted molar refractivity (Wildman–Crippen MR) is 52.2 cm³/mol. The van der Waals surface area contributed by atoms with Gasteiger partial charge in [0.1, 0.15) is 6.29 Å². The summed E-state index contributed by atoms with van der Waals surface area (Å²) in [7, 11) is 1.48. The summed E-state index contributed by atoms with van der Waals surface area (Å²) in [5, 5.41) is 9.39. The Labute approximate surface area is 82.3 Å². The first kappa shape index (κ1) is 10.1. The molecular formula is C11H10O3. The van der Waals surface area contributed by atoms with E-state index < -0.39 is 0 Å². The zero-order valence-electron chi connectivity index (χ0n) is 7.78. The van der Waals surface area contributed by atoms with E-state index in [0.29, 0.717) is 11.3 Å². The van der Waals surface area contributed by atoms with Crippen molar-refractivity contribution in [2.45, 2.75) is 6.42 Å². The maximum Gasteiger partial charge on any atom is 0.160 e. The van der Waals surface area contributed by atoms with Gasteiger partial charge < -0.3 is 14.6 Å². The van der Waals surface area contributed by atoms with Crippen LogP contribution in [0.5, 0.6) is 11.5 Å². The molecule has 3 heteroatoms. The smallest absolute Gasteiger partial charge is 0.160 e. The van der Waals surface area contributed by atoms with Gasteiger partial charge in [-0.05, 0) is 18.2 Å². The van der Waals surface area contributed by atoms with Crippen LogP contribution in [0.25, 0.3) is 0 Å². The molecule has 0 radical (unpaired) electrons. The Morgan fingerprint density at radius 3 is 2.93 bits per heavy atom. The van der Waals surface area contributed by atoms with Gasteiger partial charge >= 0.3 is 0 Å². The standard InChI is InChI=1S/C11H10O3/c1-14-11-6-5-9(8-10(11)13)4-2-3-7-12/h5-8,13H,3H2,1H3. The summed E-state index contributed by atoms with van der Waals surface area (Å²) in [6, 6.07) is 4.84. The minimum atomic E-state index is 0.0467. The topological polar surface area (TPSA) is 46.5 Å². The average molecular weight is 190 g/mol. The molecule has 0 atom stereocenters. The first-order valence-electron chi connectivity index (χ1n) is 4.07. The van der Waals surface area contributed by atoms with Crippen LogP contribution >= 0.6 is 0 Å². The van der Waals surface area contributed by atoms with Crippen LogP contribution in [0.2, 0.25) is 0 Å². The number of rotatable bonds is 2. The van der Waals surface area contributed by atoms with Crippen molar-refractivity contribution in [3.63, 3.8) is 0 Å². The van der Waals surface area contributed by atoms with Crippen molar-refractivity contribution in [2.24, 2.45) is 0 Å². The highest BCUT2D eigenvalue weighted by Crippen LogP contribution is 2.25. The normalized spacial score (nSPS) is 8.64. The zero-order chi connectivity index (χ0) is 10.4. The van der Waals surface area contributed by atoms with E-state index in [-0.39, 0.29) is 12.2 Å². The van der Waals surface area contributed by atoms with Gasteiger partial charge in [0.15, 0.2) is 11.5 Å². The quantitative estimate of drug-likeness (QED) is 0.565. The molecule has 1 rings (SSSR count). The van der Waals surface area contributed by atoms with E-state index >= 15 is 0 Å². The second kappa shape index (κ2) is 4.93. The Morgan fingerprint density at radius 2 is 2.36 bits per heavy atom. The molecular weight excluding hydrogens is 180 g/mol. The van der Waals surface area contributed by atoms with Gasteiger partial charge in [-0.25, -0.2) is 0 Å². The third-order valence-electron chi connectivity index (χ3n) is 1.60. The van der Waals surface area contributed by atoms with Gasteiger partial charge in [0.25, 0.3) is 0 Å². The average Bonchev–Trinajstić information content (AvgIpc) is 2.18. The van der Waals surface area contributed by atoms with E-state index in [2.05, 4.69) is 11.8 Å². The molecule has 0 saturated carbocycles. The fraction of sp³-hybridized carbons (Fsp3) is 0.182. The number of phenolic OH excluding ortho intramolecular Hbond substituents is 1. The van der Waals surface area contributed by atoms with Gasteiger partial charge in [0.05, 0.1) is 13.5 Å². The summed E-state index contributed by atoms with van der Waals surface area (Å²) < 4.78 is 4.87. The third-order valence-corrected chi connectivity index (χ3v) is 1.60. The van der Waals surface area contributed by atoms with E-state index in [9.17, 15) is 9.90 Å². The molecule has 0 aromatic heterocycles. The summed E-state index contributed by atoms with van der Waals surface area (Å²) in [6.07, 6.45) is 0.934. The summed E-state index contributed by atoms with van der Waals surface area (Å²) in [4.78, 5) is 9.99. The van der Waals surface area contributed by atoms with Crippen molar-refractivity contribution >= 4 is 6.29 Å². The number of benzene rings is 1. The number of carbonyl (C=O) groups excluding carboxylic acids is 1. The zero-order valence-corrected chi connectivity index (χ0v) is 7.78. The summed E-state index contributed by atoms with van der Waals surface area (Å²) in [6.45, 7) is 0. The van der Waals surface area contributed by atoms with Crippen LogP contribution in [0.15, 0.2) is 18.2 Å². The molecule has 3 nitrogen and oxygen atoms in total. The molecule has 0 aliphatic rings. The van der Waals surface area contributed by atoms with Crippen molar-refractivity contribution in [3.05, 3.63) is 23.8 Å². The minimum absolute atomic E-state index is 0.0467. The second-order valence-corrected chi connectivity index (χ2v) is 2.56. The molecule has 0 spiro atoms. The largest absolute Gasteiger partial charge is 0.504 e. The van der Waals surface area contributed by atoms with Crippen LogP contribution < -0.4 is 4.74 Å². The van der Waals surface area contributed by atoms with Gasteiger partial charge in [-0.3, -0.25) is 0 Å². The van der Waals surface area contributed by atoms with Crippen LogP contribution in [0, 0.1) is 11.8 Å². The number of phenols is 1. The molecule has 1 aromatic carbocycles. The van der Waals surface area contributed by atoms with Crippen LogP contribution in [0.4, 0.5) is 0 Å². The first-order valence-corrected chi connectivity index (χ1v) is 4.07. The van der Waals surface area contributed by atoms with Crippen LogP contribution in [-0.2, 0) is 4.79 Å². The molecule has 0 bridgehead atoms. The highest BCUT2D eigenvalue weighted by atomic mass is 16.5. The molecule has 1 aromatic rings. The fourth-order valence-electron chi connectivity index (χ4n) is 0.963. The lowest BCUT2D eigenvalue weighted by Gasteiger charge is -2.01. The number of methoxy groups -OCH3 is 1. The number of hydrogen-bond donors (Lipinski definition) is 1. The van der Waals surface area contributed by atoms with Gasteiger partial charge in [0, 0.05) is 5.56 Å². The SMILES string of the molecule is COc1ccc(C#CCC=O)cc1O. The lowest BCUT2D eigenvalue weighted by Crippen LogP contribution is -1.84. The van der Waals surface area contributed by atoms with Crippen LogP contribution in [-0.4, -0.2) is 18.5 Å². The molecule has 0 unspecified atom stereocenters. The maximum atomic E-state index is 9.99. The van der Waals surface area contributed by atoms with Crippen molar-refractivity contribution < 1.29 is 14.6 Å². The Bertz CT molecular complexity index is 385. The van der Waals surface area contributed by atoms with Crippen molar-refractivity contribution in [3.8, 4) is 23.3 Å². The van der Waals surface area contributed by atoms with Crippen molar-refractivity contribution in [2.75, 3.05) is 7.11 Å². The molecule has 0 fully saturated rings. The Hall–Kier alpha value is -1.95. The van der Waals surface area contributed by atoms with Crippen LogP contribution in [0.3, 0.4) is 0 Å². The fourth-order valence-corrected chi connectivity index (χ4v) is 0.963. The highest BCUT2D eigenvalue weighted by Gasteiger charge is 1.99. The van der Waals surface area contributed by atoms with Crippen LogP contribution in [0.1, 0.15) is 12.0 Å². The van der Waals surface area contributed by atoms with Gasteiger partial charge in [0.2, 0.25) is 0 Å². The van der Waals surface area contributed by atoms with E-state index in [1.54, 1.807) is 12.1 Å². The maximum absolute atomic E-state index is 9.99. The summed E-state index contributed by atoms with van der Waals surface area (Å²) in [5.74, 6) is 5.84. The molecule has 0 heterocycles. The molecule has 0 amide bonds.